The summed E-state index contributed by atoms with van der Waals surface area (Å²) in [5.41, 5.74) is 5.77. The van der Waals surface area contributed by atoms with Crippen molar-refractivity contribution in [1.29, 1.82) is 0 Å². The van der Waals surface area contributed by atoms with Crippen LogP contribution in [0.4, 0.5) is 11.4 Å². The molecule has 2 aromatic carbocycles. The van der Waals surface area contributed by atoms with Crippen molar-refractivity contribution in [1.82, 2.24) is 9.88 Å². The summed E-state index contributed by atoms with van der Waals surface area (Å²) in [7, 11) is 1.33. The Hall–Kier alpha value is -3.97. The van der Waals surface area contributed by atoms with Crippen LogP contribution in [0.15, 0.2) is 67.0 Å². The topological polar surface area (TPSA) is 83.6 Å². The van der Waals surface area contributed by atoms with E-state index in [1.165, 1.54) is 12.7 Å². The van der Waals surface area contributed by atoms with Crippen LogP contribution in [0.1, 0.15) is 40.9 Å². The molecule has 34 heavy (non-hydrogen) atoms. The molecule has 0 bridgehead atoms. The van der Waals surface area contributed by atoms with Crippen molar-refractivity contribution in [3.8, 4) is 0 Å². The highest BCUT2D eigenvalue weighted by Gasteiger charge is 2.29. The number of hydrogen-bond acceptors (Lipinski definition) is 6. The van der Waals surface area contributed by atoms with E-state index in [1.54, 1.807) is 30.6 Å². The van der Waals surface area contributed by atoms with Gasteiger partial charge in [-0.25, -0.2) is 4.79 Å². The summed E-state index contributed by atoms with van der Waals surface area (Å²) in [6.45, 7) is 7.21. The molecule has 3 aromatic rings. The van der Waals surface area contributed by atoms with Gasteiger partial charge in [-0.1, -0.05) is 32.0 Å². The average molecular weight is 457 g/mol. The van der Waals surface area contributed by atoms with E-state index < -0.39 is 5.97 Å². The lowest BCUT2D eigenvalue weighted by molar-refractivity contribution is -0.110. The third-order valence-electron chi connectivity index (χ3n) is 5.93. The van der Waals surface area contributed by atoms with Crippen molar-refractivity contribution in [2.45, 2.75) is 20.4 Å². The Morgan fingerprint density at radius 3 is 2.35 bits per heavy atom. The smallest absolute Gasteiger partial charge is 0.337 e. The second kappa shape index (κ2) is 10.3. The highest BCUT2D eigenvalue weighted by molar-refractivity contribution is 6.37. The molecular formula is C27H28N4O3. The number of esters is 1. The highest BCUT2D eigenvalue weighted by atomic mass is 16.5. The van der Waals surface area contributed by atoms with E-state index in [9.17, 15) is 9.59 Å². The first kappa shape index (κ1) is 23.2. The summed E-state index contributed by atoms with van der Waals surface area (Å²) < 4.78 is 4.81. The Morgan fingerprint density at radius 1 is 1.00 bits per heavy atom. The fraction of sp³-hybridized carbons (Fsp3) is 0.222. The molecule has 0 atom stereocenters. The van der Waals surface area contributed by atoms with Crippen molar-refractivity contribution in [3.63, 3.8) is 0 Å². The molecule has 0 radical (unpaired) electrons. The Balaban J connectivity index is 1.73. The second-order valence-electron chi connectivity index (χ2n) is 7.98. The van der Waals surface area contributed by atoms with E-state index in [1.807, 2.05) is 24.3 Å². The molecule has 2 N–H and O–H groups in total. The molecule has 0 saturated heterocycles. The van der Waals surface area contributed by atoms with Crippen molar-refractivity contribution >= 4 is 34.5 Å². The van der Waals surface area contributed by atoms with Crippen molar-refractivity contribution in [2.24, 2.45) is 0 Å². The maximum absolute atomic E-state index is 13.1. The lowest BCUT2D eigenvalue weighted by Crippen LogP contribution is -2.22. The van der Waals surface area contributed by atoms with E-state index in [2.05, 4.69) is 46.5 Å². The van der Waals surface area contributed by atoms with Gasteiger partial charge in [-0.15, -0.1) is 0 Å². The molecule has 1 amide bonds. The van der Waals surface area contributed by atoms with Gasteiger partial charge in [0.15, 0.2) is 0 Å². The Kier molecular flexibility index (Phi) is 7.04. The van der Waals surface area contributed by atoms with Gasteiger partial charge in [-0.05, 0) is 55.1 Å². The van der Waals surface area contributed by atoms with Gasteiger partial charge in [0.1, 0.15) is 0 Å². The molecule has 0 fully saturated rings. The number of nitrogens with one attached hydrogen (secondary N) is 2. The molecule has 0 aliphatic carbocycles. The first-order chi connectivity index (χ1) is 16.5. The monoisotopic (exact) mass is 456 g/mol. The fourth-order valence-electron chi connectivity index (χ4n) is 4.01. The van der Waals surface area contributed by atoms with Gasteiger partial charge in [-0.2, -0.15) is 0 Å². The van der Waals surface area contributed by atoms with Crippen LogP contribution in [-0.4, -0.2) is 42.0 Å². The molecule has 0 unspecified atom stereocenters. The maximum atomic E-state index is 13.1. The summed E-state index contributed by atoms with van der Waals surface area (Å²) >= 11 is 0. The SMILES string of the molecule is CCN(CC)Cc1ccc(NC(=C2C(=O)Nc3cc(C(=O)OC)ccc32)c2ccncc2)cc1. The highest BCUT2D eigenvalue weighted by Crippen LogP contribution is 2.38. The number of pyridine rings is 1. The van der Waals surface area contributed by atoms with Crippen LogP contribution < -0.4 is 10.6 Å². The number of hydrogen-bond donors (Lipinski definition) is 2. The molecule has 2 heterocycles. The van der Waals surface area contributed by atoms with E-state index in [0.29, 0.717) is 22.5 Å². The number of nitrogens with zero attached hydrogens (tertiary/aromatic N) is 2. The largest absolute Gasteiger partial charge is 0.465 e. The third kappa shape index (κ3) is 4.84. The number of amides is 1. The summed E-state index contributed by atoms with van der Waals surface area (Å²) in [4.78, 5) is 31.5. The molecular weight excluding hydrogens is 428 g/mol. The first-order valence-corrected chi connectivity index (χ1v) is 11.3. The van der Waals surface area contributed by atoms with Crippen LogP contribution in [0.2, 0.25) is 0 Å². The number of carbonyl (C=O) groups is 2. The number of aromatic nitrogens is 1. The van der Waals surface area contributed by atoms with Gasteiger partial charge in [0.05, 0.1) is 29.6 Å². The van der Waals surface area contributed by atoms with Crippen LogP contribution in [0.3, 0.4) is 0 Å². The van der Waals surface area contributed by atoms with Gasteiger partial charge >= 0.3 is 5.97 Å². The molecule has 1 aliphatic rings. The first-order valence-electron chi connectivity index (χ1n) is 11.3. The summed E-state index contributed by atoms with van der Waals surface area (Å²) in [6, 6.07) is 17.0. The predicted molar refractivity (Wildman–Crippen MR) is 134 cm³/mol. The quantitative estimate of drug-likeness (QED) is 0.379. The number of fused-ring (bicyclic) bond motifs is 1. The second-order valence-corrected chi connectivity index (χ2v) is 7.98. The van der Waals surface area contributed by atoms with E-state index >= 15 is 0 Å². The van der Waals surface area contributed by atoms with Crippen LogP contribution in [0, 0.1) is 0 Å². The minimum atomic E-state index is -0.452. The van der Waals surface area contributed by atoms with Crippen molar-refractivity contribution in [3.05, 3.63) is 89.2 Å². The Morgan fingerprint density at radius 2 is 1.71 bits per heavy atom. The molecule has 7 nitrogen and oxygen atoms in total. The fourth-order valence-corrected chi connectivity index (χ4v) is 4.01. The molecule has 7 heteroatoms. The van der Waals surface area contributed by atoms with E-state index in [0.717, 1.165) is 36.4 Å². The predicted octanol–water partition coefficient (Wildman–Crippen LogP) is 4.64. The van der Waals surface area contributed by atoms with Gasteiger partial charge in [0.2, 0.25) is 0 Å². The summed E-state index contributed by atoms with van der Waals surface area (Å²) in [5.74, 6) is -0.693. The van der Waals surface area contributed by atoms with Gasteiger partial charge < -0.3 is 15.4 Å². The number of methoxy groups -OCH3 is 1. The van der Waals surface area contributed by atoms with E-state index in [4.69, 9.17) is 4.74 Å². The molecule has 174 valence electrons. The molecule has 1 aliphatic heterocycles. The van der Waals surface area contributed by atoms with Gasteiger partial charge in [0.25, 0.3) is 5.91 Å². The molecule has 1 aromatic heterocycles. The normalized spacial score (nSPS) is 13.9. The number of rotatable bonds is 8. The molecule has 4 rings (SSSR count). The Labute approximate surface area is 199 Å². The van der Waals surface area contributed by atoms with Crippen molar-refractivity contribution < 1.29 is 14.3 Å². The zero-order valence-corrected chi connectivity index (χ0v) is 19.6. The number of carbonyl (C=O) groups excluding carboxylic acids is 2. The van der Waals surface area contributed by atoms with Gasteiger partial charge in [0, 0.05) is 35.8 Å². The third-order valence-corrected chi connectivity index (χ3v) is 5.93. The standard InChI is InChI=1S/C27H28N4O3/c1-4-31(5-2)17-18-6-9-21(10-7-18)29-25(19-12-14-28-15-13-19)24-22-11-8-20(27(33)34-3)16-23(22)30-26(24)32/h6-16,29H,4-5,17H2,1-3H3,(H,30,32). The van der Waals surface area contributed by atoms with E-state index in [-0.39, 0.29) is 5.91 Å². The molecule has 0 saturated carbocycles. The van der Waals surface area contributed by atoms with Crippen LogP contribution in [-0.2, 0) is 16.1 Å². The van der Waals surface area contributed by atoms with Gasteiger partial charge in [-0.3, -0.25) is 14.7 Å². The zero-order chi connectivity index (χ0) is 24.1. The minimum Gasteiger partial charge on any atom is -0.465 e. The number of benzene rings is 2. The van der Waals surface area contributed by atoms with Crippen LogP contribution in [0.25, 0.3) is 11.3 Å². The number of anilines is 2. The van der Waals surface area contributed by atoms with Crippen molar-refractivity contribution in [2.75, 3.05) is 30.8 Å². The average Bonchev–Trinajstić information content (AvgIpc) is 3.21. The lowest BCUT2D eigenvalue weighted by atomic mass is 9.99. The zero-order valence-electron chi connectivity index (χ0n) is 19.6. The molecule has 0 spiro atoms. The minimum absolute atomic E-state index is 0.241. The van der Waals surface area contributed by atoms with Crippen LogP contribution in [0.5, 0.6) is 0 Å². The lowest BCUT2D eigenvalue weighted by Gasteiger charge is -2.19. The maximum Gasteiger partial charge on any atom is 0.337 e. The summed E-state index contributed by atoms with van der Waals surface area (Å²) in [6.07, 6.45) is 3.39. The Bertz CT molecular complexity index is 1220. The summed E-state index contributed by atoms with van der Waals surface area (Å²) in [5, 5.41) is 6.33. The number of ether oxygens (including phenoxy) is 1. The van der Waals surface area contributed by atoms with Crippen LogP contribution >= 0.6 is 0 Å².